The van der Waals surface area contributed by atoms with Gasteiger partial charge < -0.3 is 10.4 Å². The van der Waals surface area contributed by atoms with Crippen LogP contribution in [0.15, 0.2) is 30.3 Å². The van der Waals surface area contributed by atoms with Crippen LogP contribution in [0.25, 0.3) is 0 Å². The van der Waals surface area contributed by atoms with Gasteiger partial charge in [-0.15, -0.1) is 0 Å². The number of aliphatic hydroxyl groups is 1. The highest BCUT2D eigenvalue weighted by Gasteiger charge is 2.24. The summed E-state index contributed by atoms with van der Waals surface area (Å²) in [4.78, 5) is 0. The van der Waals surface area contributed by atoms with Crippen LogP contribution in [0.4, 0.5) is 0 Å². The first-order valence-electron chi connectivity index (χ1n) is 6.28. The van der Waals surface area contributed by atoms with Crippen LogP contribution < -0.4 is 10.0 Å². The molecule has 2 rings (SSSR count). The topological polar surface area (TPSA) is 81.7 Å². The molecular formula is C12H19N3O3S. The highest BCUT2D eigenvalue weighted by molar-refractivity contribution is 7.87. The number of benzene rings is 1. The van der Waals surface area contributed by atoms with Gasteiger partial charge >= 0.3 is 0 Å². The molecule has 1 heterocycles. The van der Waals surface area contributed by atoms with Crippen molar-refractivity contribution in [2.75, 3.05) is 32.7 Å². The Morgan fingerprint density at radius 2 is 1.89 bits per heavy atom. The van der Waals surface area contributed by atoms with Gasteiger partial charge in [0.15, 0.2) is 0 Å². The molecule has 6 nitrogen and oxygen atoms in total. The number of aliphatic hydroxyl groups excluding tert-OH is 1. The molecule has 0 bridgehead atoms. The van der Waals surface area contributed by atoms with Crippen LogP contribution in [0.5, 0.6) is 0 Å². The molecule has 7 heteroatoms. The minimum atomic E-state index is -3.50. The average Bonchev–Trinajstić information content (AvgIpc) is 2.47. The maximum absolute atomic E-state index is 12.0. The molecule has 3 N–H and O–H groups in total. The molecule has 19 heavy (non-hydrogen) atoms. The highest BCUT2D eigenvalue weighted by Crippen LogP contribution is 2.11. The van der Waals surface area contributed by atoms with Crippen LogP contribution in [-0.2, 0) is 10.2 Å². The van der Waals surface area contributed by atoms with Crippen LogP contribution in [0.3, 0.4) is 0 Å². The molecule has 1 aromatic rings. The van der Waals surface area contributed by atoms with Gasteiger partial charge in [0.2, 0.25) is 0 Å². The third kappa shape index (κ3) is 3.99. The summed E-state index contributed by atoms with van der Waals surface area (Å²) in [5, 5.41) is 13.0. The molecule has 1 aromatic carbocycles. The lowest BCUT2D eigenvalue weighted by atomic mass is 10.1. The van der Waals surface area contributed by atoms with Gasteiger partial charge in [0, 0.05) is 32.7 Å². The van der Waals surface area contributed by atoms with Crippen molar-refractivity contribution in [3.8, 4) is 0 Å². The lowest BCUT2D eigenvalue weighted by molar-refractivity contribution is 0.181. The molecule has 1 saturated heterocycles. The van der Waals surface area contributed by atoms with E-state index in [1.807, 2.05) is 18.2 Å². The summed E-state index contributed by atoms with van der Waals surface area (Å²) in [5.74, 6) is 0. The largest absolute Gasteiger partial charge is 0.387 e. The average molecular weight is 285 g/mol. The fraction of sp³-hybridized carbons (Fsp3) is 0.500. The summed E-state index contributed by atoms with van der Waals surface area (Å²) < 4.78 is 27.8. The van der Waals surface area contributed by atoms with E-state index in [0.717, 1.165) is 0 Å². The lowest BCUT2D eigenvalue weighted by Crippen LogP contribution is -2.51. The predicted octanol–water partition coefficient (Wildman–Crippen LogP) is -0.540. The molecule has 0 spiro atoms. The van der Waals surface area contributed by atoms with E-state index < -0.39 is 16.3 Å². The standard InChI is InChI=1S/C12H19N3O3S/c16-12(11-4-2-1-3-5-11)10-14-19(17,18)15-8-6-13-7-9-15/h1-5,12-14,16H,6-10H2. The summed E-state index contributed by atoms with van der Waals surface area (Å²) in [6, 6.07) is 9.00. The molecule has 106 valence electrons. The number of piperazine rings is 1. The fourth-order valence-electron chi connectivity index (χ4n) is 1.95. The van der Waals surface area contributed by atoms with E-state index in [2.05, 4.69) is 10.0 Å². The third-order valence-corrected chi connectivity index (χ3v) is 4.64. The number of hydrogen-bond acceptors (Lipinski definition) is 4. The monoisotopic (exact) mass is 285 g/mol. The Hall–Kier alpha value is -0.990. The summed E-state index contributed by atoms with van der Waals surface area (Å²) in [6.45, 7) is 2.20. The smallest absolute Gasteiger partial charge is 0.279 e. The SMILES string of the molecule is O=S(=O)(NCC(O)c1ccccc1)N1CCNCC1. The fourth-order valence-corrected chi connectivity index (χ4v) is 3.17. The van der Waals surface area contributed by atoms with E-state index in [1.54, 1.807) is 12.1 Å². The molecule has 0 radical (unpaired) electrons. The van der Waals surface area contributed by atoms with E-state index in [1.165, 1.54) is 4.31 Å². The molecule has 0 aliphatic carbocycles. The van der Waals surface area contributed by atoms with Gasteiger partial charge in [0.1, 0.15) is 0 Å². The van der Waals surface area contributed by atoms with Crippen molar-refractivity contribution in [3.05, 3.63) is 35.9 Å². The number of nitrogens with one attached hydrogen (secondary N) is 2. The van der Waals surface area contributed by atoms with E-state index in [-0.39, 0.29) is 6.54 Å². The van der Waals surface area contributed by atoms with Gasteiger partial charge in [-0.25, -0.2) is 0 Å². The lowest BCUT2D eigenvalue weighted by Gasteiger charge is -2.27. The van der Waals surface area contributed by atoms with Gasteiger partial charge in [-0.1, -0.05) is 30.3 Å². The van der Waals surface area contributed by atoms with Crippen LogP contribution in [-0.4, -0.2) is 50.6 Å². The molecule has 0 aromatic heterocycles. The molecule has 1 aliphatic heterocycles. The summed E-state index contributed by atoms with van der Waals surface area (Å²) in [5.41, 5.74) is 0.700. The summed E-state index contributed by atoms with van der Waals surface area (Å²) in [6.07, 6.45) is -0.834. The molecule has 1 fully saturated rings. The minimum Gasteiger partial charge on any atom is -0.387 e. The number of hydrogen-bond donors (Lipinski definition) is 3. The Balaban J connectivity index is 1.90. The highest BCUT2D eigenvalue weighted by atomic mass is 32.2. The van der Waals surface area contributed by atoms with Crippen molar-refractivity contribution in [1.82, 2.24) is 14.3 Å². The maximum atomic E-state index is 12.0. The van der Waals surface area contributed by atoms with E-state index in [9.17, 15) is 13.5 Å². The molecular weight excluding hydrogens is 266 g/mol. The second kappa shape index (κ2) is 6.44. The number of rotatable bonds is 5. The summed E-state index contributed by atoms with van der Waals surface area (Å²) in [7, 11) is -3.50. The normalized spacial score (nSPS) is 19.2. The third-order valence-electron chi connectivity index (χ3n) is 3.06. The van der Waals surface area contributed by atoms with E-state index in [4.69, 9.17) is 0 Å². The first-order valence-corrected chi connectivity index (χ1v) is 7.72. The molecule has 1 atom stereocenters. The molecule has 1 unspecified atom stereocenters. The molecule has 0 saturated carbocycles. The zero-order valence-corrected chi connectivity index (χ0v) is 11.4. The van der Waals surface area contributed by atoms with Crippen molar-refractivity contribution >= 4 is 10.2 Å². The van der Waals surface area contributed by atoms with E-state index >= 15 is 0 Å². The second-order valence-electron chi connectivity index (χ2n) is 4.43. The summed E-state index contributed by atoms with van der Waals surface area (Å²) >= 11 is 0. The Labute approximate surface area is 113 Å². The van der Waals surface area contributed by atoms with Crippen molar-refractivity contribution < 1.29 is 13.5 Å². The quantitative estimate of drug-likeness (QED) is 0.679. The zero-order chi connectivity index (χ0) is 13.7. The molecule has 1 aliphatic rings. The predicted molar refractivity (Wildman–Crippen MR) is 72.8 cm³/mol. The van der Waals surface area contributed by atoms with Crippen molar-refractivity contribution in [2.45, 2.75) is 6.10 Å². The zero-order valence-electron chi connectivity index (χ0n) is 10.6. The van der Waals surface area contributed by atoms with Crippen LogP contribution in [0.1, 0.15) is 11.7 Å². The van der Waals surface area contributed by atoms with E-state index in [0.29, 0.717) is 31.7 Å². The van der Waals surface area contributed by atoms with Gasteiger partial charge in [-0.3, -0.25) is 0 Å². The first-order chi connectivity index (χ1) is 9.09. The Bertz CT molecular complexity index is 486. The van der Waals surface area contributed by atoms with Crippen LogP contribution >= 0.6 is 0 Å². The first kappa shape index (κ1) is 14.4. The van der Waals surface area contributed by atoms with Gasteiger partial charge in [-0.2, -0.15) is 17.4 Å². The maximum Gasteiger partial charge on any atom is 0.279 e. The van der Waals surface area contributed by atoms with Gasteiger partial charge in [0.05, 0.1) is 6.10 Å². The van der Waals surface area contributed by atoms with Crippen LogP contribution in [0, 0.1) is 0 Å². The van der Waals surface area contributed by atoms with Crippen molar-refractivity contribution in [1.29, 1.82) is 0 Å². The van der Waals surface area contributed by atoms with Gasteiger partial charge in [-0.05, 0) is 5.56 Å². The Morgan fingerprint density at radius 1 is 1.26 bits per heavy atom. The number of nitrogens with zero attached hydrogens (tertiary/aromatic N) is 1. The second-order valence-corrected chi connectivity index (χ2v) is 6.18. The minimum absolute atomic E-state index is 0.0176. The van der Waals surface area contributed by atoms with Crippen molar-refractivity contribution in [2.24, 2.45) is 0 Å². The Morgan fingerprint density at radius 3 is 2.53 bits per heavy atom. The van der Waals surface area contributed by atoms with Crippen LogP contribution in [0.2, 0.25) is 0 Å². The molecule has 0 amide bonds. The van der Waals surface area contributed by atoms with Crippen molar-refractivity contribution in [3.63, 3.8) is 0 Å². The van der Waals surface area contributed by atoms with Gasteiger partial charge in [0.25, 0.3) is 10.2 Å². The Kier molecular flexibility index (Phi) is 4.89.